The van der Waals surface area contributed by atoms with Crippen LogP contribution in [0.2, 0.25) is 0 Å². The van der Waals surface area contributed by atoms with E-state index in [-0.39, 0.29) is 5.91 Å². The van der Waals surface area contributed by atoms with Crippen molar-refractivity contribution in [3.8, 4) is 0 Å². The number of aromatic amines is 1. The zero-order valence-corrected chi connectivity index (χ0v) is 12.0. The molecule has 4 rings (SSSR count). The zero-order valence-electron chi connectivity index (χ0n) is 12.0. The highest BCUT2D eigenvalue weighted by atomic mass is 16.2. The van der Waals surface area contributed by atoms with Gasteiger partial charge in [0.1, 0.15) is 0 Å². The highest BCUT2D eigenvalue weighted by molar-refractivity contribution is 5.94. The number of H-pyrrole nitrogens is 1. The lowest BCUT2D eigenvalue weighted by Gasteiger charge is -2.29. The molecular formula is C15H22N4O. The van der Waals surface area contributed by atoms with Crippen molar-refractivity contribution in [2.45, 2.75) is 57.7 Å². The lowest BCUT2D eigenvalue weighted by Crippen LogP contribution is -2.42. The molecule has 5 nitrogen and oxygen atoms in total. The van der Waals surface area contributed by atoms with E-state index in [1.807, 2.05) is 0 Å². The van der Waals surface area contributed by atoms with Crippen LogP contribution in [0.15, 0.2) is 0 Å². The van der Waals surface area contributed by atoms with E-state index in [1.54, 1.807) is 0 Å². The quantitative estimate of drug-likeness (QED) is 0.874. The topological polar surface area (TPSA) is 61.0 Å². The minimum atomic E-state index is 0.146. The molecule has 1 aliphatic heterocycles. The molecule has 2 saturated carbocycles. The minimum Gasteiger partial charge on any atom is -0.331 e. The average molecular weight is 274 g/mol. The number of fused-ring (bicyclic) bond motifs is 1. The molecule has 0 aromatic carbocycles. The molecule has 2 aliphatic carbocycles. The first-order valence-electron chi connectivity index (χ1n) is 7.85. The molecule has 2 fully saturated rings. The maximum atomic E-state index is 12.9. The van der Waals surface area contributed by atoms with Gasteiger partial charge >= 0.3 is 0 Å². The first-order chi connectivity index (χ1) is 9.75. The minimum absolute atomic E-state index is 0.146. The second kappa shape index (κ2) is 4.58. The third-order valence-electron chi connectivity index (χ3n) is 4.93. The SMILES string of the molecule is CC(C1CC1)N(C(=O)c1n[nH]c2c1CNCC2)C1CC1. The van der Waals surface area contributed by atoms with Crippen molar-refractivity contribution in [3.05, 3.63) is 17.0 Å². The summed E-state index contributed by atoms with van der Waals surface area (Å²) in [6, 6.07) is 0.834. The second-order valence-electron chi connectivity index (χ2n) is 6.48. The van der Waals surface area contributed by atoms with Gasteiger partial charge in [-0.2, -0.15) is 5.10 Å². The number of carbonyl (C=O) groups is 1. The lowest BCUT2D eigenvalue weighted by atomic mass is 10.1. The van der Waals surface area contributed by atoms with E-state index in [9.17, 15) is 4.79 Å². The Bertz CT molecular complexity index is 530. The molecule has 5 heteroatoms. The summed E-state index contributed by atoms with van der Waals surface area (Å²) in [6.07, 6.45) is 5.81. The van der Waals surface area contributed by atoms with E-state index in [2.05, 4.69) is 27.3 Å². The molecule has 1 unspecified atom stereocenters. The van der Waals surface area contributed by atoms with Gasteiger partial charge in [-0.1, -0.05) is 0 Å². The molecule has 2 heterocycles. The summed E-state index contributed by atoms with van der Waals surface area (Å²) in [7, 11) is 0. The Balaban J connectivity index is 1.62. The number of hydrogen-bond acceptors (Lipinski definition) is 3. The van der Waals surface area contributed by atoms with Crippen LogP contribution in [-0.4, -0.2) is 39.6 Å². The molecule has 1 aromatic rings. The van der Waals surface area contributed by atoms with Crippen LogP contribution >= 0.6 is 0 Å². The Labute approximate surface area is 119 Å². The van der Waals surface area contributed by atoms with E-state index in [0.717, 1.165) is 43.6 Å². The summed E-state index contributed by atoms with van der Waals surface area (Å²) in [5.41, 5.74) is 2.89. The largest absolute Gasteiger partial charge is 0.331 e. The molecule has 0 saturated heterocycles. The Hall–Kier alpha value is -1.36. The molecular weight excluding hydrogens is 252 g/mol. The first kappa shape index (κ1) is 12.4. The molecule has 1 aromatic heterocycles. The molecule has 0 spiro atoms. The maximum Gasteiger partial charge on any atom is 0.275 e. The lowest BCUT2D eigenvalue weighted by molar-refractivity contribution is 0.0646. The van der Waals surface area contributed by atoms with Crippen molar-refractivity contribution in [2.24, 2.45) is 5.92 Å². The molecule has 0 bridgehead atoms. The van der Waals surface area contributed by atoms with Gasteiger partial charge in [0.2, 0.25) is 0 Å². The van der Waals surface area contributed by atoms with Crippen molar-refractivity contribution in [1.29, 1.82) is 0 Å². The first-order valence-corrected chi connectivity index (χ1v) is 7.85. The van der Waals surface area contributed by atoms with E-state index < -0.39 is 0 Å². The van der Waals surface area contributed by atoms with Crippen LogP contribution in [0.3, 0.4) is 0 Å². The van der Waals surface area contributed by atoms with Gasteiger partial charge in [-0.15, -0.1) is 0 Å². The van der Waals surface area contributed by atoms with Gasteiger partial charge in [0.15, 0.2) is 5.69 Å². The Morgan fingerprint density at radius 1 is 1.35 bits per heavy atom. The Morgan fingerprint density at radius 2 is 2.15 bits per heavy atom. The maximum absolute atomic E-state index is 12.9. The summed E-state index contributed by atoms with van der Waals surface area (Å²) in [4.78, 5) is 15.1. The number of carbonyl (C=O) groups excluding carboxylic acids is 1. The predicted octanol–water partition coefficient (Wildman–Crippen LogP) is 1.46. The van der Waals surface area contributed by atoms with Gasteiger partial charge in [0.05, 0.1) is 0 Å². The average Bonchev–Trinajstić information content (AvgIpc) is 3.36. The fourth-order valence-corrected chi connectivity index (χ4v) is 3.37. The summed E-state index contributed by atoms with van der Waals surface area (Å²) in [5.74, 6) is 0.862. The van der Waals surface area contributed by atoms with E-state index in [0.29, 0.717) is 23.7 Å². The molecule has 108 valence electrons. The third kappa shape index (κ3) is 2.04. The number of aromatic nitrogens is 2. The fourth-order valence-electron chi connectivity index (χ4n) is 3.37. The third-order valence-corrected chi connectivity index (χ3v) is 4.93. The van der Waals surface area contributed by atoms with E-state index in [4.69, 9.17) is 0 Å². The van der Waals surface area contributed by atoms with Crippen molar-refractivity contribution in [1.82, 2.24) is 20.4 Å². The van der Waals surface area contributed by atoms with Crippen LogP contribution in [-0.2, 0) is 13.0 Å². The van der Waals surface area contributed by atoms with Crippen LogP contribution < -0.4 is 5.32 Å². The summed E-state index contributed by atoms with van der Waals surface area (Å²) in [6.45, 7) is 3.95. The molecule has 1 atom stereocenters. The van der Waals surface area contributed by atoms with Crippen LogP contribution in [0.4, 0.5) is 0 Å². The highest BCUT2D eigenvalue weighted by Crippen LogP contribution is 2.40. The van der Waals surface area contributed by atoms with Crippen LogP contribution in [0.1, 0.15) is 54.4 Å². The Morgan fingerprint density at radius 3 is 2.85 bits per heavy atom. The fraction of sp³-hybridized carbons (Fsp3) is 0.733. The highest BCUT2D eigenvalue weighted by Gasteiger charge is 2.43. The van der Waals surface area contributed by atoms with Gasteiger partial charge in [0, 0.05) is 42.9 Å². The zero-order chi connectivity index (χ0) is 13.7. The van der Waals surface area contributed by atoms with Crippen molar-refractivity contribution in [2.75, 3.05) is 6.54 Å². The smallest absolute Gasteiger partial charge is 0.275 e. The number of nitrogens with zero attached hydrogens (tertiary/aromatic N) is 2. The molecule has 3 aliphatic rings. The van der Waals surface area contributed by atoms with Crippen molar-refractivity contribution < 1.29 is 4.79 Å². The van der Waals surface area contributed by atoms with Gasteiger partial charge in [-0.05, 0) is 38.5 Å². The summed E-state index contributed by atoms with van der Waals surface area (Å²) >= 11 is 0. The van der Waals surface area contributed by atoms with Gasteiger partial charge in [-0.25, -0.2) is 0 Å². The van der Waals surface area contributed by atoms with Crippen LogP contribution in [0, 0.1) is 5.92 Å². The summed E-state index contributed by atoms with van der Waals surface area (Å²) < 4.78 is 0. The van der Waals surface area contributed by atoms with E-state index >= 15 is 0 Å². The molecule has 20 heavy (non-hydrogen) atoms. The standard InChI is InChI=1S/C15H22N4O/c1-9(10-2-3-10)19(11-4-5-11)15(20)14-12-8-16-7-6-13(12)17-18-14/h9-11,16H,2-8H2,1H3,(H,17,18). The number of nitrogens with one attached hydrogen (secondary N) is 2. The van der Waals surface area contributed by atoms with Crippen LogP contribution in [0.5, 0.6) is 0 Å². The van der Waals surface area contributed by atoms with Gasteiger partial charge < -0.3 is 10.2 Å². The van der Waals surface area contributed by atoms with E-state index in [1.165, 1.54) is 12.8 Å². The van der Waals surface area contributed by atoms with Gasteiger partial charge in [-0.3, -0.25) is 9.89 Å². The number of rotatable bonds is 4. The summed E-state index contributed by atoms with van der Waals surface area (Å²) in [5, 5.41) is 10.7. The monoisotopic (exact) mass is 274 g/mol. The predicted molar refractivity (Wildman–Crippen MR) is 75.4 cm³/mol. The normalized spacial score (nSPS) is 23.2. The Kier molecular flexibility index (Phi) is 2.84. The van der Waals surface area contributed by atoms with Crippen molar-refractivity contribution >= 4 is 5.91 Å². The molecule has 1 amide bonds. The van der Waals surface area contributed by atoms with Crippen molar-refractivity contribution in [3.63, 3.8) is 0 Å². The molecule has 0 radical (unpaired) electrons. The molecule has 2 N–H and O–H groups in total. The number of amides is 1. The second-order valence-corrected chi connectivity index (χ2v) is 6.48. The number of hydrogen-bond donors (Lipinski definition) is 2. The van der Waals surface area contributed by atoms with Gasteiger partial charge in [0.25, 0.3) is 5.91 Å². The van der Waals surface area contributed by atoms with Crippen LogP contribution in [0.25, 0.3) is 0 Å².